The predicted molar refractivity (Wildman–Crippen MR) is 117 cm³/mol. The van der Waals surface area contributed by atoms with Crippen molar-refractivity contribution in [2.75, 3.05) is 13.1 Å². The van der Waals surface area contributed by atoms with Crippen molar-refractivity contribution in [3.05, 3.63) is 101 Å². The van der Waals surface area contributed by atoms with Crippen LogP contribution >= 0.6 is 0 Å². The smallest absolute Gasteiger partial charge is 0.251 e. The van der Waals surface area contributed by atoms with Crippen LogP contribution in [-0.4, -0.2) is 23.9 Å². The molecule has 30 heavy (non-hydrogen) atoms. The quantitative estimate of drug-likeness (QED) is 0.669. The minimum Gasteiger partial charge on any atom is -0.348 e. The van der Waals surface area contributed by atoms with Crippen molar-refractivity contribution in [3.8, 4) is 11.1 Å². The average Bonchev–Trinajstić information content (AvgIpc) is 3.15. The predicted octanol–water partition coefficient (Wildman–Crippen LogP) is 5.03. The number of carbonyl (C=O) groups is 1. The van der Waals surface area contributed by atoms with Gasteiger partial charge in [-0.25, -0.2) is 4.39 Å². The first-order chi connectivity index (χ1) is 14.7. The molecule has 0 saturated heterocycles. The van der Waals surface area contributed by atoms with Gasteiger partial charge in [-0.15, -0.1) is 0 Å². The summed E-state index contributed by atoms with van der Waals surface area (Å²) in [6.07, 6.45) is 3.24. The van der Waals surface area contributed by atoms with Gasteiger partial charge < -0.3 is 5.32 Å². The van der Waals surface area contributed by atoms with E-state index in [-0.39, 0.29) is 11.7 Å². The topological polar surface area (TPSA) is 32.3 Å². The third kappa shape index (κ3) is 3.66. The van der Waals surface area contributed by atoms with Gasteiger partial charge in [0.2, 0.25) is 0 Å². The van der Waals surface area contributed by atoms with E-state index in [9.17, 15) is 9.18 Å². The molecule has 0 atom stereocenters. The lowest BCUT2D eigenvalue weighted by atomic mass is 9.88. The molecule has 3 aromatic rings. The van der Waals surface area contributed by atoms with Crippen molar-refractivity contribution in [1.29, 1.82) is 0 Å². The molecule has 2 aliphatic rings. The summed E-state index contributed by atoms with van der Waals surface area (Å²) >= 11 is 0. The number of nitrogens with one attached hydrogen (secondary N) is 1. The molecule has 0 radical (unpaired) electrons. The second-order valence-electron chi connectivity index (χ2n) is 7.94. The number of carbonyl (C=O) groups excluding carboxylic acids is 1. The highest BCUT2D eigenvalue weighted by molar-refractivity contribution is 6.01. The van der Waals surface area contributed by atoms with E-state index in [0.29, 0.717) is 6.54 Å². The first-order valence-electron chi connectivity index (χ1n) is 10.3. The summed E-state index contributed by atoms with van der Waals surface area (Å²) in [5.41, 5.74) is 7.45. The molecule has 4 heteroatoms. The maximum atomic E-state index is 13.5. The first kappa shape index (κ1) is 18.8. The minimum atomic E-state index is -0.257. The monoisotopic (exact) mass is 398 g/mol. The van der Waals surface area contributed by atoms with Gasteiger partial charge in [0.05, 0.1) is 0 Å². The molecule has 150 valence electrons. The Labute approximate surface area is 175 Å². The molecular weight excluding hydrogens is 375 g/mol. The van der Waals surface area contributed by atoms with Gasteiger partial charge in [0.1, 0.15) is 5.82 Å². The normalized spacial score (nSPS) is 16.2. The Morgan fingerprint density at radius 3 is 2.47 bits per heavy atom. The zero-order chi connectivity index (χ0) is 20.5. The van der Waals surface area contributed by atoms with Crippen molar-refractivity contribution in [1.82, 2.24) is 10.2 Å². The molecule has 3 nitrogen and oxygen atoms in total. The van der Waals surface area contributed by atoms with Gasteiger partial charge in [0, 0.05) is 31.7 Å². The molecule has 3 aromatic carbocycles. The fraction of sp³-hybridized carbons (Fsp3) is 0.192. The molecule has 1 amide bonds. The van der Waals surface area contributed by atoms with Gasteiger partial charge in [-0.3, -0.25) is 9.69 Å². The van der Waals surface area contributed by atoms with Gasteiger partial charge in [0.25, 0.3) is 5.91 Å². The average molecular weight is 398 g/mol. The number of rotatable bonds is 4. The zero-order valence-corrected chi connectivity index (χ0v) is 16.7. The van der Waals surface area contributed by atoms with E-state index in [4.69, 9.17) is 0 Å². The highest BCUT2D eigenvalue weighted by atomic mass is 19.1. The largest absolute Gasteiger partial charge is 0.348 e. The SMILES string of the molecule is O=C1NCc2cc(C3=CCN(Cc4ccccc4)CC3)c(-c3ccc(F)cc3)cc21. The molecule has 0 saturated carbocycles. The van der Waals surface area contributed by atoms with Crippen LogP contribution in [-0.2, 0) is 13.1 Å². The van der Waals surface area contributed by atoms with Crippen LogP contribution in [0.5, 0.6) is 0 Å². The molecule has 0 fully saturated rings. The number of halogens is 1. The van der Waals surface area contributed by atoms with E-state index in [1.54, 1.807) is 12.1 Å². The molecule has 0 unspecified atom stereocenters. The lowest BCUT2D eigenvalue weighted by Crippen LogP contribution is -2.28. The molecule has 0 aromatic heterocycles. The summed E-state index contributed by atoms with van der Waals surface area (Å²) in [4.78, 5) is 14.7. The van der Waals surface area contributed by atoms with Crippen LogP contribution in [0.2, 0.25) is 0 Å². The number of amides is 1. The Hall–Kier alpha value is -3.24. The van der Waals surface area contributed by atoms with Crippen LogP contribution in [0.4, 0.5) is 4.39 Å². The van der Waals surface area contributed by atoms with Crippen LogP contribution in [0.3, 0.4) is 0 Å². The molecule has 2 aliphatic heterocycles. The summed E-state index contributed by atoms with van der Waals surface area (Å²) in [5.74, 6) is -0.292. The van der Waals surface area contributed by atoms with Crippen molar-refractivity contribution in [2.45, 2.75) is 19.5 Å². The van der Waals surface area contributed by atoms with Crippen molar-refractivity contribution < 1.29 is 9.18 Å². The summed E-state index contributed by atoms with van der Waals surface area (Å²) in [6, 6.07) is 21.2. The summed E-state index contributed by atoms with van der Waals surface area (Å²) in [6.45, 7) is 3.38. The maximum absolute atomic E-state index is 13.5. The van der Waals surface area contributed by atoms with Crippen LogP contribution in [0.25, 0.3) is 16.7 Å². The van der Waals surface area contributed by atoms with Crippen molar-refractivity contribution in [2.24, 2.45) is 0 Å². The van der Waals surface area contributed by atoms with Crippen molar-refractivity contribution in [3.63, 3.8) is 0 Å². The second-order valence-corrected chi connectivity index (χ2v) is 7.94. The summed E-state index contributed by atoms with van der Waals surface area (Å²) in [5, 5.41) is 2.91. The summed E-state index contributed by atoms with van der Waals surface area (Å²) < 4.78 is 13.5. The highest BCUT2D eigenvalue weighted by Gasteiger charge is 2.24. The van der Waals surface area contributed by atoms with Crippen LogP contribution < -0.4 is 5.32 Å². The Bertz CT molecular complexity index is 1120. The van der Waals surface area contributed by atoms with Gasteiger partial charge in [0.15, 0.2) is 0 Å². The second kappa shape index (κ2) is 7.88. The molecule has 1 N–H and O–H groups in total. The number of hydrogen-bond acceptors (Lipinski definition) is 2. The summed E-state index contributed by atoms with van der Waals surface area (Å²) in [7, 11) is 0. The van der Waals surface area contributed by atoms with E-state index in [0.717, 1.165) is 53.9 Å². The third-order valence-electron chi connectivity index (χ3n) is 5.97. The standard InChI is InChI=1S/C26H23FN2O/c27-22-8-6-19(7-9-22)24-15-25-21(16-28-26(25)30)14-23(24)20-10-12-29(13-11-20)17-18-4-2-1-3-5-18/h1-10,14-15H,11-13,16-17H2,(H,28,30). The van der Waals surface area contributed by atoms with E-state index in [1.807, 2.05) is 12.1 Å². The van der Waals surface area contributed by atoms with E-state index >= 15 is 0 Å². The Balaban J connectivity index is 1.48. The molecule has 0 bridgehead atoms. The third-order valence-corrected chi connectivity index (χ3v) is 5.97. The van der Waals surface area contributed by atoms with Crippen LogP contribution in [0.1, 0.15) is 33.5 Å². The number of nitrogens with zero attached hydrogens (tertiary/aromatic N) is 1. The lowest BCUT2D eigenvalue weighted by molar-refractivity contribution is 0.0966. The minimum absolute atomic E-state index is 0.0356. The van der Waals surface area contributed by atoms with Gasteiger partial charge >= 0.3 is 0 Å². The Morgan fingerprint density at radius 1 is 0.933 bits per heavy atom. The fourth-order valence-electron chi connectivity index (χ4n) is 4.35. The van der Waals surface area contributed by atoms with E-state index in [2.05, 4.69) is 46.6 Å². The number of benzene rings is 3. The molecule has 2 heterocycles. The van der Waals surface area contributed by atoms with Gasteiger partial charge in [-0.05, 0) is 64.1 Å². The van der Waals surface area contributed by atoms with Gasteiger partial charge in [-0.2, -0.15) is 0 Å². The molecule has 5 rings (SSSR count). The molecule has 0 spiro atoms. The van der Waals surface area contributed by atoms with E-state index < -0.39 is 0 Å². The maximum Gasteiger partial charge on any atom is 0.251 e. The number of fused-ring (bicyclic) bond motifs is 1. The van der Waals surface area contributed by atoms with E-state index in [1.165, 1.54) is 23.3 Å². The van der Waals surface area contributed by atoms with Gasteiger partial charge in [-0.1, -0.05) is 48.5 Å². The van der Waals surface area contributed by atoms with Crippen LogP contribution in [0, 0.1) is 5.82 Å². The van der Waals surface area contributed by atoms with Crippen molar-refractivity contribution >= 4 is 11.5 Å². The highest BCUT2D eigenvalue weighted by Crippen LogP contribution is 2.36. The molecule has 0 aliphatic carbocycles. The Morgan fingerprint density at radius 2 is 1.73 bits per heavy atom. The molecular formula is C26H23FN2O. The first-order valence-corrected chi connectivity index (χ1v) is 10.3. The zero-order valence-electron chi connectivity index (χ0n) is 16.7. The lowest BCUT2D eigenvalue weighted by Gasteiger charge is -2.27. The fourth-order valence-corrected chi connectivity index (χ4v) is 4.35. The van der Waals surface area contributed by atoms with Crippen LogP contribution in [0.15, 0.2) is 72.8 Å². The number of hydrogen-bond donors (Lipinski definition) is 1. The Kier molecular flexibility index (Phi) is 4.93.